The van der Waals surface area contributed by atoms with Gasteiger partial charge in [0.1, 0.15) is 0 Å². The van der Waals surface area contributed by atoms with Gasteiger partial charge in [-0.15, -0.1) is 0 Å². The van der Waals surface area contributed by atoms with E-state index >= 15 is 0 Å². The number of nitrogen functional groups attached to an aromatic ring is 1. The van der Waals surface area contributed by atoms with Crippen LogP contribution in [0, 0.1) is 0 Å². The van der Waals surface area contributed by atoms with Gasteiger partial charge < -0.3 is 15.6 Å². The number of rotatable bonds is 3. The van der Waals surface area contributed by atoms with Crippen LogP contribution < -0.4 is 10.5 Å². The maximum atomic E-state index is 10.2. The van der Waals surface area contributed by atoms with E-state index in [-0.39, 0.29) is 5.82 Å². The molecule has 0 atom stereocenters. The van der Waals surface area contributed by atoms with Crippen LogP contribution in [0.15, 0.2) is 18.3 Å². The minimum Gasteiger partial charge on any atom is -0.493 e. The minimum absolute atomic E-state index is 0.278. The molecule has 0 aliphatic rings. The van der Waals surface area contributed by atoms with Crippen LogP contribution in [0.2, 0.25) is 0 Å². The molecule has 0 radical (unpaired) electrons. The first-order chi connectivity index (χ1) is 6.63. The number of carboxylic acids is 1. The van der Waals surface area contributed by atoms with E-state index in [0.29, 0.717) is 11.3 Å². The van der Waals surface area contributed by atoms with Gasteiger partial charge in [-0.3, -0.25) is 0 Å². The second-order valence-electron chi connectivity index (χ2n) is 2.53. The van der Waals surface area contributed by atoms with Crippen LogP contribution in [-0.2, 0) is 4.79 Å². The van der Waals surface area contributed by atoms with Gasteiger partial charge in [0.2, 0.25) is 0 Å². The van der Waals surface area contributed by atoms with Gasteiger partial charge in [0.15, 0.2) is 11.6 Å². The van der Waals surface area contributed by atoms with Crippen molar-refractivity contribution >= 4 is 17.9 Å². The topological polar surface area (TPSA) is 85.4 Å². The van der Waals surface area contributed by atoms with Crippen LogP contribution >= 0.6 is 0 Å². The number of aliphatic carboxylic acids is 1. The lowest BCUT2D eigenvalue weighted by atomic mass is 10.2. The number of hydrogen-bond donors (Lipinski definition) is 2. The Balaban J connectivity index is 2.95. The quantitative estimate of drug-likeness (QED) is 0.694. The SMILES string of the molecule is COc1cc(C=CC(=O)O)cnc1N. The van der Waals surface area contributed by atoms with Gasteiger partial charge in [0.05, 0.1) is 7.11 Å². The highest BCUT2D eigenvalue weighted by atomic mass is 16.5. The monoisotopic (exact) mass is 194 g/mol. The molecule has 0 aliphatic heterocycles. The van der Waals surface area contributed by atoms with Gasteiger partial charge in [0.25, 0.3) is 0 Å². The molecule has 1 heterocycles. The number of pyridine rings is 1. The second-order valence-corrected chi connectivity index (χ2v) is 2.53. The van der Waals surface area contributed by atoms with Gasteiger partial charge in [0, 0.05) is 12.3 Å². The average molecular weight is 194 g/mol. The first-order valence-electron chi connectivity index (χ1n) is 3.84. The molecule has 0 spiro atoms. The first-order valence-corrected chi connectivity index (χ1v) is 3.84. The first kappa shape index (κ1) is 10.0. The lowest BCUT2D eigenvalue weighted by Crippen LogP contribution is -1.95. The van der Waals surface area contributed by atoms with Gasteiger partial charge in [-0.2, -0.15) is 0 Å². The van der Waals surface area contributed by atoms with Gasteiger partial charge in [-0.25, -0.2) is 9.78 Å². The van der Waals surface area contributed by atoms with Crippen LogP contribution in [0.4, 0.5) is 5.82 Å². The fourth-order valence-corrected chi connectivity index (χ4v) is 0.892. The van der Waals surface area contributed by atoms with Crippen molar-refractivity contribution in [2.24, 2.45) is 0 Å². The van der Waals surface area contributed by atoms with Crippen molar-refractivity contribution in [2.75, 3.05) is 12.8 Å². The zero-order chi connectivity index (χ0) is 10.6. The Bertz CT molecular complexity index is 374. The van der Waals surface area contributed by atoms with E-state index in [0.717, 1.165) is 6.08 Å². The highest BCUT2D eigenvalue weighted by molar-refractivity contribution is 5.85. The highest BCUT2D eigenvalue weighted by Crippen LogP contribution is 2.19. The fourth-order valence-electron chi connectivity index (χ4n) is 0.892. The molecule has 5 heteroatoms. The number of aromatic nitrogens is 1. The molecule has 0 saturated heterocycles. The third kappa shape index (κ3) is 2.48. The maximum absolute atomic E-state index is 10.2. The van der Waals surface area contributed by atoms with Crippen LogP contribution in [0.5, 0.6) is 5.75 Å². The van der Waals surface area contributed by atoms with Crippen molar-refractivity contribution in [3.05, 3.63) is 23.9 Å². The summed E-state index contributed by atoms with van der Waals surface area (Å²) in [5, 5.41) is 8.39. The van der Waals surface area contributed by atoms with E-state index in [1.807, 2.05) is 0 Å². The third-order valence-electron chi connectivity index (χ3n) is 1.54. The maximum Gasteiger partial charge on any atom is 0.328 e. The van der Waals surface area contributed by atoms with Crippen LogP contribution in [-0.4, -0.2) is 23.2 Å². The predicted octanol–water partition coefficient (Wildman–Crippen LogP) is 0.770. The molecule has 5 nitrogen and oxygen atoms in total. The number of methoxy groups -OCH3 is 1. The van der Waals surface area contributed by atoms with Gasteiger partial charge >= 0.3 is 5.97 Å². The Morgan fingerprint density at radius 3 is 3.00 bits per heavy atom. The van der Waals surface area contributed by atoms with E-state index in [9.17, 15) is 4.79 Å². The summed E-state index contributed by atoms with van der Waals surface area (Å²) in [7, 11) is 1.47. The van der Waals surface area contributed by atoms with Crippen molar-refractivity contribution in [1.82, 2.24) is 4.98 Å². The summed E-state index contributed by atoms with van der Waals surface area (Å²) in [5.74, 6) is -0.307. The Hall–Kier alpha value is -2.04. The third-order valence-corrected chi connectivity index (χ3v) is 1.54. The molecule has 74 valence electrons. The van der Waals surface area contributed by atoms with E-state index in [2.05, 4.69) is 4.98 Å². The summed E-state index contributed by atoms with van der Waals surface area (Å²) in [6, 6.07) is 1.61. The van der Waals surface area contributed by atoms with Gasteiger partial charge in [-0.05, 0) is 17.7 Å². The molecule has 0 bridgehead atoms. The summed E-state index contributed by atoms with van der Waals surface area (Å²) < 4.78 is 4.92. The van der Waals surface area contributed by atoms with Crippen LogP contribution in [0.25, 0.3) is 6.08 Å². The van der Waals surface area contributed by atoms with Crippen molar-refractivity contribution in [3.8, 4) is 5.75 Å². The minimum atomic E-state index is -1.01. The molecule has 14 heavy (non-hydrogen) atoms. The molecule has 0 aliphatic carbocycles. The number of nitrogens with zero attached hydrogens (tertiary/aromatic N) is 1. The second kappa shape index (κ2) is 4.27. The van der Waals surface area contributed by atoms with Gasteiger partial charge in [-0.1, -0.05) is 0 Å². The van der Waals surface area contributed by atoms with Crippen molar-refractivity contribution in [1.29, 1.82) is 0 Å². The highest BCUT2D eigenvalue weighted by Gasteiger charge is 2.00. The normalized spacial score (nSPS) is 10.4. The summed E-state index contributed by atoms with van der Waals surface area (Å²) in [6.07, 6.45) is 3.90. The molecule has 0 unspecified atom stereocenters. The zero-order valence-corrected chi connectivity index (χ0v) is 7.60. The number of anilines is 1. The molecule has 1 aromatic rings. The van der Waals surface area contributed by atoms with Crippen LogP contribution in [0.1, 0.15) is 5.56 Å². The Labute approximate surface area is 80.8 Å². The molecule has 0 saturated carbocycles. The summed E-state index contributed by atoms with van der Waals surface area (Å²) in [5.41, 5.74) is 6.10. The van der Waals surface area contributed by atoms with Crippen LogP contribution in [0.3, 0.4) is 0 Å². The summed E-state index contributed by atoms with van der Waals surface area (Å²) in [6.45, 7) is 0. The molecular weight excluding hydrogens is 184 g/mol. The molecule has 3 N–H and O–H groups in total. The van der Waals surface area contributed by atoms with E-state index in [4.69, 9.17) is 15.6 Å². The predicted molar refractivity (Wildman–Crippen MR) is 51.9 cm³/mol. The standard InChI is InChI=1S/C9H10N2O3/c1-14-7-4-6(2-3-8(12)13)5-11-9(7)10/h2-5H,1H3,(H2,10,11)(H,12,13). The molecule has 0 aromatic carbocycles. The van der Waals surface area contributed by atoms with Crippen molar-refractivity contribution in [3.63, 3.8) is 0 Å². The molecule has 0 amide bonds. The lowest BCUT2D eigenvalue weighted by molar-refractivity contribution is -0.131. The number of ether oxygens (including phenoxy) is 1. The smallest absolute Gasteiger partial charge is 0.328 e. The molecule has 0 fully saturated rings. The Morgan fingerprint density at radius 1 is 1.71 bits per heavy atom. The van der Waals surface area contributed by atoms with Crippen molar-refractivity contribution < 1.29 is 14.6 Å². The average Bonchev–Trinajstić information content (AvgIpc) is 2.16. The largest absolute Gasteiger partial charge is 0.493 e. The Kier molecular flexibility index (Phi) is 3.06. The summed E-state index contributed by atoms with van der Waals surface area (Å²) in [4.78, 5) is 14.1. The molecular formula is C9H10N2O3. The molecule has 1 aromatic heterocycles. The number of carboxylic acid groups (broad SMARTS) is 1. The number of carbonyl (C=O) groups is 1. The number of nitrogens with two attached hydrogens (primary N) is 1. The number of hydrogen-bond acceptors (Lipinski definition) is 4. The Morgan fingerprint density at radius 2 is 2.43 bits per heavy atom. The van der Waals surface area contributed by atoms with E-state index < -0.39 is 5.97 Å². The van der Waals surface area contributed by atoms with E-state index in [1.165, 1.54) is 19.4 Å². The molecule has 1 rings (SSSR count). The van der Waals surface area contributed by atoms with E-state index in [1.54, 1.807) is 6.07 Å². The van der Waals surface area contributed by atoms with Crippen molar-refractivity contribution in [2.45, 2.75) is 0 Å². The lowest BCUT2D eigenvalue weighted by Gasteiger charge is -2.03. The zero-order valence-electron chi connectivity index (χ0n) is 7.60. The fraction of sp³-hybridized carbons (Fsp3) is 0.111. The summed E-state index contributed by atoms with van der Waals surface area (Å²) >= 11 is 0.